The van der Waals surface area contributed by atoms with Gasteiger partial charge < -0.3 is 0 Å². The van der Waals surface area contributed by atoms with Crippen molar-refractivity contribution in [3.63, 3.8) is 0 Å². The number of anilines is 1. The number of hydrogen-bond acceptors (Lipinski definition) is 4. The number of aromatic nitrogens is 1. The van der Waals surface area contributed by atoms with Gasteiger partial charge in [-0.2, -0.15) is 0 Å². The van der Waals surface area contributed by atoms with Crippen molar-refractivity contribution in [2.45, 2.75) is 6.92 Å². The Balaban J connectivity index is 2.44. The normalized spacial score (nSPS) is 10.3. The van der Waals surface area contributed by atoms with Crippen LogP contribution in [0.1, 0.15) is 5.69 Å². The van der Waals surface area contributed by atoms with E-state index >= 15 is 0 Å². The van der Waals surface area contributed by atoms with Crippen LogP contribution >= 0.6 is 11.3 Å². The van der Waals surface area contributed by atoms with Crippen molar-refractivity contribution in [3.8, 4) is 10.4 Å². The minimum atomic E-state index is -0.238. The predicted molar refractivity (Wildman–Crippen MR) is 60.1 cm³/mol. The summed E-state index contributed by atoms with van der Waals surface area (Å²) >= 11 is 1.45. The van der Waals surface area contributed by atoms with E-state index in [1.54, 1.807) is 12.1 Å². The minimum Gasteiger partial charge on any atom is -0.300 e. The first-order valence-electron chi connectivity index (χ1n) is 4.40. The van der Waals surface area contributed by atoms with Crippen molar-refractivity contribution in [1.82, 2.24) is 4.98 Å². The number of benzene rings is 1. The Kier molecular flexibility index (Phi) is 2.66. The van der Waals surface area contributed by atoms with Crippen molar-refractivity contribution in [2.24, 2.45) is 5.84 Å². The third-order valence-corrected chi connectivity index (χ3v) is 3.16. The zero-order chi connectivity index (χ0) is 10.8. The molecule has 1 aromatic carbocycles. The van der Waals surface area contributed by atoms with Gasteiger partial charge in [0.2, 0.25) is 0 Å². The van der Waals surface area contributed by atoms with Crippen LogP contribution in [-0.4, -0.2) is 4.98 Å². The first-order valence-corrected chi connectivity index (χ1v) is 5.22. The van der Waals surface area contributed by atoms with Crippen LogP contribution in [0.15, 0.2) is 24.3 Å². The fourth-order valence-corrected chi connectivity index (χ4v) is 2.21. The topological polar surface area (TPSA) is 50.9 Å². The number of rotatable bonds is 2. The molecule has 0 aliphatic heterocycles. The predicted octanol–water partition coefficient (Wildman–Crippen LogP) is 2.54. The molecule has 0 aliphatic carbocycles. The van der Waals surface area contributed by atoms with Crippen LogP contribution in [0, 0.1) is 12.7 Å². The molecule has 0 amide bonds. The van der Waals surface area contributed by atoms with Crippen LogP contribution < -0.4 is 11.3 Å². The van der Waals surface area contributed by atoms with Gasteiger partial charge in [-0.25, -0.2) is 15.2 Å². The molecule has 0 bridgehead atoms. The average molecular weight is 223 g/mol. The van der Waals surface area contributed by atoms with E-state index in [1.165, 1.54) is 23.5 Å². The molecule has 0 fully saturated rings. The summed E-state index contributed by atoms with van der Waals surface area (Å²) < 4.78 is 12.7. The summed E-state index contributed by atoms with van der Waals surface area (Å²) in [6.45, 7) is 1.90. The van der Waals surface area contributed by atoms with Crippen molar-refractivity contribution in [1.29, 1.82) is 0 Å². The first kappa shape index (κ1) is 10.1. The van der Waals surface area contributed by atoms with E-state index in [4.69, 9.17) is 5.84 Å². The van der Waals surface area contributed by atoms with Gasteiger partial charge in [0.15, 0.2) is 5.13 Å². The summed E-state index contributed by atoms with van der Waals surface area (Å²) in [7, 11) is 0. The van der Waals surface area contributed by atoms with Crippen molar-refractivity contribution >= 4 is 16.5 Å². The SMILES string of the molecule is Cc1nc(NN)sc1-c1ccc(F)cc1. The largest absolute Gasteiger partial charge is 0.300 e. The fourth-order valence-electron chi connectivity index (χ4n) is 1.33. The Hall–Kier alpha value is -1.46. The van der Waals surface area contributed by atoms with Gasteiger partial charge in [-0.15, -0.1) is 0 Å². The van der Waals surface area contributed by atoms with E-state index < -0.39 is 0 Å². The summed E-state index contributed by atoms with van der Waals surface area (Å²) in [5.41, 5.74) is 4.34. The quantitative estimate of drug-likeness (QED) is 0.607. The zero-order valence-corrected chi connectivity index (χ0v) is 8.94. The monoisotopic (exact) mass is 223 g/mol. The highest BCUT2D eigenvalue weighted by Gasteiger charge is 2.08. The second-order valence-corrected chi connectivity index (χ2v) is 4.08. The van der Waals surface area contributed by atoms with Crippen LogP contribution in [0.4, 0.5) is 9.52 Å². The smallest absolute Gasteiger partial charge is 0.197 e. The van der Waals surface area contributed by atoms with E-state index in [-0.39, 0.29) is 5.82 Å². The maximum atomic E-state index is 12.7. The van der Waals surface area contributed by atoms with E-state index in [9.17, 15) is 4.39 Å². The molecule has 2 aromatic rings. The summed E-state index contributed by atoms with van der Waals surface area (Å²) in [6.07, 6.45) is 0. The lowest BCUT2D eigenvalue weighted by Gasteiger charge is -1.97. The minimum absolute atomic E-state index is 0.238. The van der Waals surface area contributed by atoms with Crippen LogP contribution in [-0.2, 0) is 0 Å². The number of aryl methyl sites for hydroxylation is 1. The van der Waals surface area contributed by atoms with Gasteiger partial charge in [0.25, 0.3) is 0 Å². The van der Waals surface area contributed by atoms with Crippen molar-refractivity contribution < 1.29 is 4.39 Å². The number of nitrogens with two attached hydrogens (primary N) is 1. The first-order chi connectivity index (χ1) is 7.20. The van der Waals surface area contributed by atoms with Gasteiger partial charge in [0.1, 0.15) is 5.82 Å². The number of nitrogens with one attached hydrogen (secondary N) is 1. The molecule has 0 radical (unpaired) electrons. The molecule has 78 valence electrons. The maximum Gasteiger partial charge on any atom is 0.197 e. The highest BCUT2D eigenvalue weighted by Crippen LogP contribution is 2.32. The number of hydrogen-bond donors (Lipinski definition) is 2. The molecule has 0 spiro atoms. The Morgan fingerprint density at radius 2 is 2.00 bits per heavy atom. The van der Waals surface area contributed by atoms with Crippen molar-refractivity contribution in [2.75, 3.05) is 5.43 Å². The van der Waals surface area contributed by atoms with Gasteiger partial charge in [-0.05, 0) is 24.6 Å². The third kappa shape index (κ3) is 1.98. The Morgan fingerprint density at radius 1 is 1.33 bits per heavy atom. The highest BCUT2D eigenvalue weighted by molar-refractivity contribution is 7.19. The summed E-state index contributed by atoms with van der Waals surface area (Å²) in [4.78, 5) is 5.22. The summed E-state index contributed by atoms with van der Waals surface area (Å²) in [5, 5.41) is 0.659. The molecular formula is C10H10FN3S. The zero-order valence-electron chi connectivity index (χ0n) is 8.12. The Labute approximate surface area is 90.7 Å². The summed E-state index contributed by atoms with van der Waals surface area (Å²) in [6, 6.07) is 6.33. The van der Waals surface area contributed by atoms with E-state index in [0.717, 1.165) is 16.1 Å². The van der Waals surface area contributed by atoms with Crippen LogP contribution in [0.2, 0.25) is 0 Å². The molecule has 1 aromatic heterocycles. The van der Waals surface area contributed by atoms with Gasteiger partial charge in [-0.3, -0.25) is 5.43 Å². The molecule has 0 atom stereocenters. The lowest BCUT2D eigenvalue weighted by molar-refractivity contribution is 0.628. The number of nitrogens with zero attached hydrogens (tertiary/aromatic N) is 1. The van der Waals surface area contributed by atoms with Gasteiger partial charge in [0.05, 0.1) is 10.6 Å². The molecule has 5 heteroatoms. The Morgan fingerprint density at radius 3 is 2.53 bits per heavy atom. The van der Waals surface area contributed by atoms with E-state index in [2.05, 4.69) is 10.4 Å². The molecule has 0 unspecified atom stereocenters. The second kappa shape index (κ2) is 3.96. The molecule has 15 heavy (non-hydrogen) atoms. The molecule has 3 N–H and O–H groups in total. The van der Waals surface area contributed by atoms with Crippen LogP contribution in [0.5, 0.6) is 0 Å². The molecule has 0 saturated heterocycles. The van der Waals surface area contributed by atoms with Gasteiger partial charge >= 0.3 is 0 Å². The number of hydrazine groups is 1. The standard InChI is InChI=1S/C10H10FN3S/c1-6-9(15-10(13-6)14-12)7-2-4-8(11)5-3-7/h2-5H,12H2,1H3,(H,13,14). The fraction of sp³-hybridized carbons (Fsp3) is 0.100. The van der Waals surface area contributed by atoms with Crippen LogP contribution in [0.3, 0.4) is 0 Å². The molecule has 0 saturated carbocycles. The number of halogens is 1. The number of thiazole rings is 1. The highest BCUT2D eigenvalue weighted by atomic mass is 32.1. The van der Waals surface area contributed by atoms with Gasteiger partial charge in [-0.1, -0.05) is 23.5 Å². The maximum absolute atomic E-state index is 12.7. The molecule has 2 rings (SSSR count). The third-order valence-electron chi connectivity index (χ3n) is 2.03. The van der Waals surface area contributed by atoms with E-state index in [0.29, 0.717) is 5.13 Å². The molecule has 3 nitrogen and oxygen atoms in total. The second-order valence-electron chi connectivity index (χ2n) is 3.08. The lowest BCUT2D eigenvalue weighted by Crippen LogP contribution is -2.05. The van der Waals surface area contributed by atoms with Crippen molar-refractivity contribution in [3.05, 3.63) is 35.8 Å². The van der Waals surface area contributed by atoms with E-state index in [1.807, 2.05) is 6.92 Å². The molecule has 0 aliphatic rings. The lowest BCUT2D eigenvalue weighted by atomic mass is 10.1. The van der Waals surface area contributed by atoms with Gasteiger partial charge in [0, 0.05) is 0 Å². The average Bonchev–Trinajstić information content (AvgIpc) is 2.61. The van der Waals surface area contributed by atoms with Crippen LogP contribution in [0.25, 0.3) is 10.4 Å². The summed E-state index contributed by atoms with van der Waals surface area (Å²) in [5.74, 6) is 5.03. The Bertz CT molecular complexity index is 464. The molecule has 1 heterocycles. The molecular weight excluding hydrogens is 213 g/mol. The number of nitrogen functional groups attached to an aromatic ring is 1.